The van der Waals surface area contributed by atoms with Gasteiger partial charge in [0, 0.05) is 9.30 Å². The Kier molecular flexibility index (Phi) is 4.09. The maximum atomic E-state index is 3.89. The number of benzene rings is 2. The van der Waals surface area contributed by atoms with Crippen LogP contribution in [0.2, 0.25) is 0 Å². The van der Waals surface area contributed by atoms with Crippen LogP contribution in [0.1, 0.15) is 23.5 Å². The molecular formula is C17H16Br2. The molecule has 1 aliphatic carbocycles. The zero-order chi connectivity index (χ0) is 13.2. The lowest BCUT2D eigenvalue weighted by Gasteiger charge is -2.10. The molecule has 0 aromatic heterocycles. The molecule has 0 nitrogen and oxygen atoms in total. The van der Waals surface area contributed by atoms with Gasteiger partial charge in [0.2, 0.25) is 0 Å². The van der Waals surface area contributed by atoms with Gasteiger partial charge in [-0.1, -0.05) is 74.3 Å². The van der Waals surface area contributed by atoms with Gasteiger partial charge >= 0.3 is 0 Å². The topological polar surface area (TPSA) is 0 Å². The molecule has 3 rings (SSSR count). The van der Waals surface area contributed by atoms with Crippen molar-refractivity contribution in [3.63, 3.8) is 0 Å². The predicted octanol–water partition coefficient (Wildman–Crippen LogP) is 5.56. The van der Waals surface area contributed by atoms with Crippen LogP contribution in [0.25, 0.3) is 0 Å². The maximum Gasteiger partial charge on any atom is 0.0220 e. The van der Waals surface area contributed by atoms with Gasteiger partial charge in [-0.15, -0.1) is 0 Å². The van der Waals surface area contributed by atoms with Crippen LogP contribution in [-0.2, 0) is 6.42 Å². The molecule has 0 aliphatic heterocycles. The third kappa shape index (κ3) is 3.29. The average molecular weight is 380 g/mol. The number of rotatable bonds is 4. The third-order valence-electron chi connectivity index (χ3n) is 3.85. The van der Waals surface area contributed by atoms with Gasteiger partial charge < -0.3 is 0 Å². The number of halogens is 2. The summed E-state index contributed by atoms with van der Waals surface area (Å²) in [6.07, 6.45) is 2.42. The summed E-state index contributed by atoms with van der Waals surface area (Å²) in [6.45, 7) is 0. The summed E-state index contributed by atoms with van der Waals surface area (Å²) in [4.78, 5) is 0.576. The van der Waals surface area contributed by atoms with Crippen LogP contribution >= 0.6 is 31.9 Å². The molecule has 0 N–H and O–H groups in total. The second-order valence-corrected chi connectivity index (χ2v) is 7.36. The van der Waals surface area contributed by atoms with Gasteiger partial charge in [0.1, 0.15) is 0 Å². The molecule has 2 heteroatoms. The Bertz CT molecular complexity index is 550. The van der Waals surface area contributed by atoms with Gasteiger partial charge in [0.15, 0.2) is 0 Å². The van der Waals surface area contributed by atoms with Crippen LogP contribution < -0.4 is 0 Å². The highest BCUT2D eigenvalue weighted by Gasteiger charge is 2.42. The summed E-state index contributed by atoms with van der Waals surface area (Å²) in [5.41, 5.74) is 2.89. The highest BCUT2D eigenvalue weighted by atomic mass is 79.9. The molecule has 1 aliphatic rings. The molecule has 98 valence electrons. The minimum absolute atomic E-state index is 0.576. The maximum absolute atomic E-state index is 3.89. The fourth-order valence-electron chi connectivity index (χ4n) is 2.74. The first kappa shape index (κ1) is 13.4. The molecule has 0 bridgehead atoms. The summed E-state index contributed by atoms with van der Waals surface area (Å²) in [6, 6.07) is 19.5. The van der Waals surface area contributed by atoms with E-state index in [1.807, 2.05) is 0 Å². The quantitative estimate of drug-likeness (QED) is 0.610. The summed E-state index contributed by atoms with van der Waals surface area (Å²) < 4.78 is 1.17. The minimum atomic E-state index is 0.576. The van der Waals surface area contributed by atoms with Crippen LogP contribution in [0.5, 0.6) is 0 Å². The Morgan fingerprint density at radius 1 is 1.05 bits per heavy atom. The van der Waals surface area contributed by atoms with Crippen molar-refractivity contribution in [2.24, 2.45) is 5.92 Å². The molecule has 0 saturated heterocycles. The highest BCUT2D eigenvalue weighted by Crippen LogP contribution is 2.52. The molecule has 19 heavy (non-hydrogen) atoms. The predicted molar refractivity (Wildman–Crippen MR) is 87.9 cm³/mol. The Hall–Kier alpha value is -0.600. The molecule has 0 amide bonds. The lowest BCUT2D eigenvalue weighted by atomic mass is 10.0. The molecule has 0 heterocycles. The Morgan fingerprint density at radius 3 is 2.58 bits per heavy atom. The van der Waals surface area contributed by atoms with E-state index in [1.165, 1.54) is 22.0 Å². The van der Waals surface area contributed by atoms with E-state index in [0.717, 1.165) is 18.3 Å². The van der Waals surface area contributed by atoms with Crippen LogP contribution in [-0.4, -0.2) is 4.83 Å². The van der Waals surface area contributed by atoms with E-state index in [1.54, 1.807) is 0 Å². The Balaban J connectivity index is 1.63. The monoisotopic (exact) mass is 378 g/mol. The first-order valence-electron chi connectivity index (χ1n) is 6.67. The first-order chi connectivity index (χ1) is 9.24. The smallest absolute Gasteiger partial charge is 0.0220 e. The van der Waals surface area contributed by atoms with Gasteiger partial charge in [-0.2, -0.15) is 0 Å². The van der Waals surface area contributed by atoms with Crippen molar-refractivity contribution in [1.29, 1.82) is 0 Å². The molecule has 0 radical (unpaired) electrons. The van der Waals surface area contributed by atoms with E-state index in [0.29, 0.717) is 4.83 Å². The van der Waals surface area contributed by atoms with Gasteiger partial charge in [-0.3, -0.25) is 0 Å². The summed E-state index contributed by atoms with van der Waals surface area (Å²) in [7, 11) is 0. The fourth-order valence-corrected chi connectivity index (χ4v) is 4.14. The van der Waals surface area contributed by atoms with Gasteiger partial charge in [-0.25, -0.2) is 0 Å². The van der Waals surface area contributed by atoms with Crippen molar-refractivity contribution in [2.45, 2.75) is 23.6 Å². The average Bonchev–Trinajstić information content (AvgIpc) is 3.20. The molecule has 0 spiro atoms. The van der Waals surface area contributed by atoms with Crippen molar-refractivity contribution in [3.05, 3.63) is 70.2 Å². The molecule has 2 aromatic rings. The van der Waals surface area contributed by atoms with Crippen LogP contribution in [0.4, 0.5) is 0 Å². The standard InChI is InChI=1S/C17H16Br2/c18-14-8-4-5-12(9-14)10-17(19)16-11-15(16)13-6-2-1-3-7-13/h1-9,15-17H,10-11H2. The zero-order valence-corrected chi connectivity index (χ0v) is 13.8. The molecule has 3 atom stereocenters. The van der Waals surface area contributed by atoms with Crippen molar-refractivity contribution in [3.8, 4) is 0 Å². The molecule has 3 unspecified atom stereocenters. The van der Waals surface area contributed by atoms with Gasteiger partial charge in [-0.05, 0) is 47.9 Å². The van der Waals surface area contributed by atoms with Crippen molar-refractivity contribution in [2.75, 3.05) is 0 Å². The zero-order valence-electron chi connectivity index (χ0n) is 10.6. The summed E-state index contributed by atoms with van der Waals surface area (Å²) >= 11 is 7.43. The third-order valence-corrected chi connectivity index (χ3v) is 5.35. The van der Waals surface area contributed by atoms with E-state index in [4.69, 9.17) is 0 Å². The summed E-state index contributed by atoms with van der Waals surface area (Å²) in [5, 5.41) is 0. The lowest BCUT2D eigenvalue weighted by Crippen LogP contribution is -2.06. The second-order valence-electron chi connectivity index (χ2n) is 5.27. The normalized spacial score (nSPS) is 23.1. The summed E-state index contributed by atoms with van der Waals surface area (Å²) in [5.74, 6) is 1.53. The SMILES string of the molecule is Brc1cccc(CC(Br)C2CC2c2ccccc2)c1. The van der Waals surface area contributed by atoms with Crippen LogP contribution in [0.15, 0.2) is 59.1 Å². The number of alkyl halides is 1. The fraction of sp³-hybridized carbons (Fsp3) is 0.294. The number of hydrogen-bond donors (Lipinski definition) is 0. The van der Waals surface area contributed by atoms with E-state index in [9.17, 15) is 0 Å². The van der Waals surface area contributed by atoms with Crippen LogP contribution in [0.3, 0.4) is 0 Å². The minimum Gasteiger partial charge on any atom is -0.0884 e. The van der Waals surface area contributed by atoms with E-state index >= 15 is 0 Å². The lowest BCUT2D eigenvalue weighted by molar-refractivity contribution is 0.735. The molecule has 2 aromatic carbocycles. The second kappa shape index (κ2) is 5.80. The largest absolute Gasteiger partial charge is 0.0884 e. The molecule has 1 fully saturated rings. The Labute approximate surface area is 131 Å². The van der Waals surface area contributed by atoms with Crippen molar-refractivity contribution in [1.82, 2.24) is 0 Å². The number of hydrogen-bond acceptors (Lipinski definition) is 0. The van der Waals surface area contributed by atoms with E-state index < -0.39 is 0 Å². The van der Waals surface area contributed by atoms with Crippen LogP contribution in [0, 0.1) is 5.92 Å². The molecule has 1 saturated carbocycles. The Morgan fingerprint density at radius 2 is 1.84 bits per heavy atom. The van der Waals surface area contributed by atoms with E-state index in [-0.39, 0.29) is 0 Å². The van der Waals surface area contributed by atoms with Crippen molar-refractivity contribution < 1.29 is 0 Å². The van der Waals surface area contributed by atoms with Crippen molar-refractivity contribution >= 4 is 31.9 Å². The van der Waals surface area contributed by atoms with Gasteiger partial charge in [0.05, 0.1) is 0 Å². The molecular weight excluding hydrogens is 364 g/mol. The van der Waals surface area contributed by atoms with E-state index in [2.05, 4.69) is 86.5 Å². The first-order valence-corrected chi connectivity index (χ1v) is 8.38. The highest BCUT2D eigenvalue weighted by molar-refractivity contribution is 9.10. The van der Waals surface area contributed by atoms with Gasteiger partial charge in [0.25, 0.3) is 0 Å².